The van der Waals surface area contributed by atoms with Crippen LogP contribution in [0.15, 0.2) is 22.0 Å². The van der Waals surface area contributed by atoms with E-state index in [2.05, 4.69) is 6.92 Å². The zero-order chi connectivity index (χ0) is 15.5. The van der Waals surface area contributed by atoms with E-state index in [1.165, 1.54) is 57.8 Å². The minimum atomic E-state index is -0.833. The van der Waals surface area contributed by atoms with Crippen molar-refractivity contribution in [2.45, 2.75) is 77.6 Å². The van der Waals surface area contributed by atoms with E-state index in [9.17, 15) is 4.79 Å². The summed E-state index contributed by atoms with van der Waals surface area (Å²) in [5.41, 5.74) is 0.959. The minimum Gasteiger partial charge on any atom is -0.477 e. The van der Waals surface area contributed by atoms with Crippen LogP contribution in [0.2, 0.25) is 0 Å². The molecule has 0 saturated carbocycles. The SMILES string of the molecule is CCCCCCCCCCCCC1=C(C(=O)O)S(=S)C=C1. The standard InChI is InChI=1S/C17H28O2S2/c1-2-3-4-5-6-7-8-9-10-11-12-15-13-14-21(20)16(15)17(18)19/h13-14H,2-12H2,1H3,(H,18,19). The Morgan fingerprint density at radius 2 is 1.57 bits per heavy atom. The molecule has 1 aliphatic rings. The van der Waals surface area contributed by atoms with Crippen molar-refractivity contribution in [2.24, 2.45) is 0 Å². The maximum atomic E-state index is 11.1. The molecule has 0 amide bonds. The molecule has 0 aromatic heterocycles. The Morgan fingerprint density at radius 1 is 1.05 bits per heavy atom. The van der Waals surface area contributed by atoms with Crippen molar-refractivity contribution >= 4 is 26.6 Å². The van der Waals surface area contributed by atoms with E-state index in [4.69, 9.17) is 16.3 Å². The molecule has 1 N–H and O–H groups in total. The van der Waals surface area contributed by atoms with E-state index in [0.29, 0.717) is 4.91 Å². The van der Waals surface area contributed by atoms with Gasteiger partial charge in [-0.3, -0.25) is 0 Å². The van der Waals surface area contributed by atoms with Crippen LogP contribution in [0.1, 0.15) is 77.6 Å². The number of hydrogen-bond acceptors (Lipinski definition) is 2. The van der Waals surface area contributed by atoms with Crippen LogP contribution >= 0.6 is 0 Å². The lowest BCUT2D eigenvalue weighted by Gasteiger charge is -2.04. The van der Waals surface area contributed by atoms with E-state index < -0.39 is 15.4 Å². The molecule has 21 heavy (non-hydrogen) atoms. The van der Waals surface area contributed by atoms with Gasteiger partial charge in [0, 0.05) is 0 Å². The highest BCUT2D eigenvalue weighted by atomic mass is 32.8. The number of aliphatic carboxylic acids is 1. The molecule has 4 heteroatoms. The molecule has 0 aliphatic carbocycles. The van der Waals surface area contributed by atoms with Crippen LogP contribution in [0.25, 0.3) is 0 Å². The Balaban J connectivity index is 2.05. The first-order chi connectivity index (χ1) is 10.2. The van der Waals surface area contributed by atoms with Gasteiger partial charge in [-0.2, -0.15) is 0 Å². The van der Waals surface area contributed by atoms with Crippen LogP contribution in [0, 0.1) is 0 Å². The van der Waals surface area contributed by atoms with Gasteiger partial charge in [0.05, 0.1) is 0 Å². The highest BCUT2D eigenvalue weighted by Crippen LogP contribution is 2.25. The summed E-state index contributed by atoms with van der Waals surface area (Å²) in [6.45, 7) is 2.25. The summed E-state index contributed by atoms with van der Waals surface area (Å²) < 4.78 is 0. The predicted octanol–water partition coefficient (Wildman–Crippen LogP) is 5.24. The van der Waals surface area contributed by atoms with Gasteiger partial charge in [-0.25, -0.2) is 4.79 Å². The molecule has 0 aromatic carbocycles. The molecule has 0 spiro atoms. The molecule has 0 radical (unpaired) electrons. The monoisotopic (exact) mass is 328 g/mol. The Labute approximate surface area is 136 Å². The summed E-state index contributed by atoms with van der Waals surface area (Å²) in [6.07, 6.45) is 15.8. The molecule has 1 aliphatic heterocycles. The summed E-state index contributed by atoms with van der Waals surface area (Å²) in [6, 6.07) is 0. The second kappa shape index (κ2) is 11.1. The zero-order valence-electron chi connectivity index (χ0n) is 13.1. The van der Waals surface area contributed by atoms with E-state index in [0.717, 1.165) is 18.4 Å². The molecule has 120 valence electrons. The van der Waals surface area contributed by atoms with Crippen molar-refractivity contribution in [1.82, 2.24) is 0 Å². The summed E-state index contributed by atoms with van der Waals surface area (Å²) in [5, 5.41) is 11.0. The first-order valence-electron chi connectivity index (χ1n) is 8.22. The van der Waals surface area contributed by atoms with Gasteiger partial charge in [0.15, 0.2) is 0 Å². The first kappa shape index (κ1) is 18.6. The Kier molecular flexibility index (Phi) is 9.85. The van der Waals surface area contributed by atoms with Crippen molar-refractivity contribution < 1.29 is 9.90 Å². The van der Waals surface area contributed by atoms with Crippen molar-refractivity contribution in [3.05, 3.63) is 22.0 Å². The van der Waals surface area contributed by atoms with E-state index in [1.54, 1.807) is 0 Å². The third-order valence-electron chi connectivity index (χ3n) is 3.88. The highest BCUT2D eigenvalue weighted by molar-refractivity contribution is 8.33. The highest BCUT2D eigenvalue weighted by Gasteiger charge is 2.19. The molecule has 1 heterocycles. The minimum absolute atomic E-state index is 0.459. The molecular formula is C17H28O2S2. The topological polar surface area (TPSA) is 37.3 Å². The van der Waals surface area contributed by atoms with Crippen molar-refractivity contribution in [2.75, 3.05) is 0 Å². The maximum absolute atomic E-state index is 11.1. The fourth-order valence-corrected chi connectivity index (χ4v) is 4.37. The fraction of sp³-hybridized carbons (Fsp3) is 0.706. The van der Waals surface area contributed by atoms with Gasteiger partial charge in [-0.1, -0.05) is 80.2 Å². The number of carboxylic acids is 1. The predicted molar refractivity (Wildman–Crippen MR) is 95.0 cm³/mol. The summed E-state index contributed by atoms with van der Waals surface area (Å²) in [7, 11) is -0.602. The molecule has 0 saturated heterocycles. The molecule has 0 bridgehead atoms. The second-order valence-electron chi connectivity index (χ2n) is 5.69. The van der Waals surface area contributed by atoms with E-state index >= 15 is 0 Å². The van der Waals surface area contributed by atoms with Crippen LogP contribution in [-0.4, -0.2) is 11.1 Å². The maximum Gasteiger partial charge on any atom is 0.343 e. The number of rotatable bonds is 12. The van der Waals surface area contributed by atoms with Gasteiger partial charge in [-0.15, -0.1) is 0 Å². The number of carboxylic acid groups (broad SMARTS) is 1. The van der Waals surface area contributed by atoms with Gasteiger partial charge in [0.1, 0.15) is 4.91 Å². The van der Waals surface area contributed by atoms with Crippen molar-refractivity contribution in [3.8, 4) is 0 Å². The largest absolute Gasteiger partial charge is 0.477 e. The van der Waals surface area contributed by atoms with E-state index in [1.807, 2.05) is 11.5 Å². The van der Waals surface area contributed by atoms with Gasteiger partial charge in [0.25, 0.3) is 0 Å². The Hall–Kier alpha value is -0.480. The fourth-order valence-electron chi connectivity index (χ4n) is 2.64. The molecule has 2 nitrogen and oxygen atoms in total. The Bertz CT molecular complexity index is 411. The summed E-state index contributed by atoms with van der Waals surface area (Å²) in [4.78, 5) is 11.6. The molecule has 1 unspecified atom stereocenters. The van der Waals surface area contributed by atoms with Gasteiger partial charge < -0.3 is 5.11 Å². The van der Waals surface area contributed by atoms with Crippen LogP contribution in [0.3, 0.4) is 0 Å². The number of allylic oxidation sites excluding steroid dienone is 2. The summed E-state index contributed by atoms with van der Waals surface area (Å²) in [5.74, 6) is -0.833. The van der Waals surface area contributed by atoms with E-state index in [-0.39, 0.29) is 0 Å². The average Bonchev–Trinajstić information content (AvgIpc) is 2.82. The van der Waals surface area contributed by atoms with Gasteiger partial charge in [0.2, 0.25) is 0 Å². The van der Waals surface area contributed by atoms with Crippen LogP contribution in [-0.2, 0) is 25.4 Å². The third-order valence-corrected chi connectivity index (χ3v) is 5.94. The third kappa shape index (κ3) is 7.37. The van der Waals surface area contributed by atoms with Gasteiger partial charge >= 0.3 is 5.97 Å². The zero-order valence-corrected chi connectivity index (χ0v) is 14.7. The van der Waals surface area contributed by atoms with Gasteiger partial charge in [-0.05, 0) is 35.0 Å². The Morgan fingerprint density at radius 3 is 2.10 bits per heavy atom. The van der Waals surface area contributed by atoms with Crippen LogP contribution < -0.4 is 0 Å². The number of unbranched alkanes of at least 4 members (excludes halogenated alkanes) is 9. The van der Waals surface area contributed by atoms with Crippen molar-refractivity contribution in [1.29, 1.82) is 0 Å². The first-order valence-corrected chi connectivity index (χ1v) is 10.4. The molecule has 1 rings (SSSR count). The molecule has 1 atom stereocenters. The molecule has 0 fully saturated rings. The van der Waals surface area contributed by atoms with Crippen molar-refractivity contribution in [3.63, 3.8) is 0 Å². The normalized spacial score (nSPS) is 17.7. The lowest BCUT2D eigenvalue weighted by Crippen LogP contribution is -2.04. The smallest absolute Gasteiger partial charge is 0.343 e. The lowest BCUT2D eigenvalue weighted by atomic mass is 10.0. The number of carbonyl (C=O) groups is 1. The second-order valence-corrected chi connectivity index (χ2v) is 8.04. The number of hydrogen-bond donors (Lipinski definition) is 1. The summed E-state index contributed by atoms with van der Waals surface area (Å²) >= 11 is 5.16. The average molecular weight is 329 g/mol. The molecular weight excluding hydrogens is 300 g/mol. The molecule has 0 aromatic rings. The lowest BCUT2D eigenvalue weighted by molar-refractivity contribution is -0.131. The van der Waals surface area contributed by atoms with Crippen LogP contribution in [0.4, 0.5) is 0 Å². The van der Waals surface area contributed by atoms with Crippen LogP contribution in [0.5, 0.6) is 0 Å². The quantitative estimate of drug-likeness (QED) is 0.498.